The maximum Gasteiger partial charge on any atom is 0.317 e. The molecule has 10 heterocycles. The normalized spacial score (nSPS) is 10.7. The Morgan fingerprint density at radius 1 is 0.382 bits per heavy atom. The van der Waals surface area contributed by atoms with Crippen molar-refractivity contribution in [2.24, 2.45) is 5.73 Å². The molecule has 10 rings (SSSR count). The zero-order chi connectivity index (χ0) is 75.2. The molecule has 0 saturated carbocycles. The van der Waals surface area contributed by atoms with E-state index in [1.54, 1.807) is 102 Å². The molecule has 0 saturated heterocycles. The molecule has 0 aromatic carbocycles. The Labute approximate surface area is 598 Å². The van der Waals surface area contributed by atoms with Gasteiger partial charge in [-0.3, -0.25) is 5.32 Å². The van der Waals surface area contributed by atoms with Crippen molar-refractivity contribution >= 4 is 70.2 Å². The molecule has 0 unspecified atom stereocenters. The fraction of sp³-hybridized carbons (Fsp3) is 0.343. The number of nitrogens with two attached hydrogens (primary N) is 7. The minimum atomic E-state index is -0.700. The number of aryl methyl sites for hydroxylation is 5. The van der Waals surface area contributed by atoms with Crippen LogP contribution in [0.5, 0.6) is 57.5 Å². The van der Waals surface area contributed by atoms with Gasteiger partial charge >= 0.3 is 6.03 Å². The first-order valence-electron chi connectivity index (χ1n) is 32.3. The summed E-state index contributed by atoms with van der Waals surface area (Å²) in [5.41, 5.74) is 44.9. The van der Waals surface area contributed by atoms with Crippen LogP contribution in [0.4, 0.5) is 57.2 Å². The predicted molar refractivity (Wildman–Crippen MR) is 401 cm³/mol. The summed E-state index contributed by atoms with van der Waals surface area (Å²) in [6.45, 7) is 29.5. The van der Waals surface area contributed by atoms with Crippen LogP contribution >= 0.6 is 11.8 Å². The molecule has 0 atom stereocenters. The summed E-state index contributed by atoms with van der Waals surface area (Å²) in [4.78, 5) is 75.1. The number of nitrogen functional groups attached to an aromatic ring is 6. The molecule has 0 aliphatic heterocycles. The van der Waals surface area contributed by atoms with Gasteiger partial charge in [-0.15, -0.1) is 11.8 Å². The van der Waals surface area contributed by atoms with Crippen LogP contribution in [0.25, 0.3) is 0 Å². The van der Waals surface area contributed by atoms with Gasteiger partial charge in [0.05, 0.1) is 36.0 Å². The number of anilines is 9. The van der Waals surface area contributed by atoms with Crippen molar-refractivity contribution in [2.75, 3.05) is 77.3 Å². The lowest BCUT2D eigenvalue weighted by atomic mass is 10.0. The smallest absolute Gasteiger partial charge is 0.317 e. The van der Waals surface area contributed by atoms with Gasteiger partial charge in [0.1, 0.15) is 81.1 Å². The Morgan fingerprint density at radius 2 is 0.667 bits per heavy atom. The predicted octanol–water partition coefficient (Wildman–Crippen LogP) is 13.3. The van der Waals surface area contributed by atoms with E-state index >= 15 is 0 Å². The SMILES string of the molecule is CNc1cc(Oc2cnc(C)nc2N)c(C(C)C)cn1.CSc1cc(Oc2cnc(C)nc2N)c(C(C)C)cn1.Cc1ncc(Oc2cc(N(C)C)ncc2C(C)C)c(N)n1.Cc1ncc(Oc2cc(N)ncc2C(C)C)c(N)n1.Cc1ncc(Oc2cc(NC(N)=O)ncc2C(C)C)c(N)n1. The van der Waals surface area contributed by atoms with Crippen LogP contribution in [0.3, 0.4) is 0 Å². The van der Waals surface area contributed by atoms with E-state index < -0.39 is 6.03 Å². The number of aromatic nitrogens is 15. The Morgan fingerprint density at radius 3 is 0.971 bits per heavy atom. The second kappa shape index (κ2) is 36.8. The van der Waals surface area contributed by atoms with Gasteiger partial charge in [0.2, 0.25) is 0 Å². The highest BCUT2D eigenvalue weighted by Crippen LogP contribution is 2.39. The molecule has 10 aromatic rings. The standard InChI is InChI=1S/C15H21N5O.C14H18N6O2.C14H19N5O.C14H18N4OS.C13H17N5O/c1-9(2)11-7-18-14(20(4)5)6-12(11)21-13-8-17-10(3)19-15(13)16;1-7(2)9-5-18-12(20-14(16)21)4-10(9)22-11-6-17-8(3)19-13(11)15;1-8(2)10-6-18-13(16-4)5-11(10)20-12-7-17-9(3)19-14(12)15;1-8(2)10-6-17-13(20-4)5-11(10)19-12-7-16-9(3)18-14(12)15;1-7(2)9-5-17-12(14)4-10(9)19-11-6-16-8(3)18-13(11)15/h6-9H,1-5H3,(H2,16,17,19);4-7H,1-3H3,(H2,15,17,19)(H3,16,18,20,21);5-8H,1-4H3,(H,16,18)(H2,15,17,19);5-8H,1-4H3,(H2,15,16,18);4-7H,1-3H3,(H2,14,17)(H2,15,16,18). The van der Waals surface area contributed by atoms with E-state index in [0.717, 1.165) is 56.0 Å². The Hall–Kier alpha value is -11.8. The molecular formula is C70H93N25O6S. The average Bonchev–Trinajstić information content (AvgIpc) is 0.845. The number of carbonyl (C=O) groups excluding carboxylic acids is 1. The number of urea groups is 1. The number of carbonyl (C=O) groups is 1. The van der Waals surface area contributed by atoms with Gasteiger partial charge in [0.25, 0.3) is 0 Å². The fourth-order valence-electron chi connectivity index (χ4n) is 8.89. The Kier molecular flexibility index (Phi) is 28.6. The molecule has 0 aliphatic carbocycles. The lowest BCUT2D eigenvalue weighted by Crippen LogP contribution is -2.20. The van der Waals surface area contributed by atoms with E-state index in [2.05, 4.69) is 141 Å². The van der Waals surface area contributed by atoms with Crippen molar-refractivity contribution in [3.05, 3.63) is 149 Å². The van der Waals surface area contributed by atoms with Crippen LogP contribution < -0.4 is 79.4 Å². The molecular weight excluding hydrogens is 1320 g/mol. The number of nitrogens with one attached hydrogen (secondary N) is 2. The molecule has 0 aliphatic rings. The van der Waals surface area contributed by atoms with Crippen LogP contribution in [-0.2, 0) is 0 Å². The highest BCUT2D eigenvalue weighted by Gasteiger charge is 2.20. The number of thioether (sulfide) groups is 1. The molecule has 10 aromatic heterocycles. The minimum absolute atomic E-state index is 0.165. The summed E-state index contributed by atoms with van der Waals surface area (Å²) in [5.74, 6) is 13.5. The Balaban J connectivity index is 0.000000201. The largest absolute Gasteiger partial charge is 0.451 e. The number of amides is 2. The van der Waals surface area contributed by atoms with Gasteiger partial charge in [0.15, 0.2) is 57.8 Å². The highest BCUT2D eigenvalue weighted by atomic mass is 32.2. The summed E-state index contributed by atoms with van der Waals surface area (Å²) >= 11 is 1.57. The zero-order valence-electron chi connectivity index (χ0n) is 61.1. The van der Waals surface area contributed by atoms with Gasteiger partial charge in [0, 0.05) is 110 Å². The van der Waals surface area contributed by atoms with E-state index in [1.807, 2.05) is 76.7 Å². The monoisotopic (exact) mass is 1410 g/mol. The molecule has 2 amide bonds. The van der Waals surface area contributed by atoms with Gasteiger partial charge in [-0.05, 0) is 70.5 Å². The van der Waals surface area contributed by atoms with Gasteiger partial charge in [-0.25, -0.2) is 79.6 Å². The van der Waals surface area contributed by atoms with Crippen LogP contribution in [0.15, 0.2) is 97.3 Å². The second-order valence-corrected chi connectivity index (χ2v) is 25.3. The number of ether oxygens (including phenoxy) is 5. The summed E-state index contributed by atoms with van der Waals surface area (Å²) in [7, 11) is 5.68. The molecule has 102 heavy (non-hydrogen) atoms. The molecule has 0 bridgehead atoms. The number of hydrogen-bond acceptors (Lipinski definition) is 30. The molecule has 0 spiro atoms. The third-order valence-corrected chi connectivity index (χ3v) is 15.0. The maximum absolute atomic E-state index is 10.9. The highest BCUT2D eigenvalue weighted by molar-refractivity contribution is 7.98. The molecule has 31 nitrogen and oxygen atoms in total. The van der Waals surface area contributed by atoms with Gasteiger partial charge < -0.3 is 74.0 Å². The van der Waals surface area contributed by atoms with Crippen molar-refractivity contribution in [3.8, 4) is 57.5 Å². The average molecular weight is 1410 g/mol. The molecule has 16 N–H and O–H groups in total. The number of nitrogens with zero attached hydrogens (tertiary/aromatic N) is 16. The third kappa shape index (κ3) is 23.1. The molecule has 32 heteroatoms. The van der Waals surface area contributed by atoms with Crippen molar-refractivity contribution in [1.29, 1.82) is 0 Å². The maximum atomic E-state index is 10.9. The van der Waals surface area contributed by atoms with Crippen molar-refractivity contribution in [1.82, 2.24) is 74.8 Å². The van der Waals surface area contributed by atoms with Crippen LogP contribution in [0, 0.1) is 34.6 Å². The van der Waals surface area contributed by atoms with E-state index in [4.69, 9.17) is 63.8 Å². The second-order valence-electron chi connectivity index (χ2n) is 24.5. The lowest BCUT2D eigenvalue weighted by Gasteiger charge is -2.18. The van der Waals surface area contributed by atoms with Crippen molar-refractivity contribution in [2.45, 2.75) is 138 Å². The zero-order valence-corrected chi connectivity index (χ0v) is 61.9. The van der Waals surface area contributed by atoms with Crippen LogP contribution in [-0.4, -0.2) is 108 Å². The summed E-state index contributed by atoms with van der Waals surface area (Å²) < 4.78 is 29.3. The minimum Gasteiger partial charge on any atom is -0.451 e. The van der Waals surface area contributed by atoms with E-state index in [1.165, 1.54) is 6.20 Å². The van der Waals surface area contributed by atoms with Gasteiger partial charge in [-0.1, -0.05) is 69.2 Å². The van der Waals surface area contributed by atoms with E-state index in [-0.39, 0.29) is 29.5 Å². The number of primary amides is 1. The summed E-state index contributed by atoms with van der Waals surface area (Å²) in [6, 6.07) is 8.21. The van der Waals surface area contributed by atoms with E-state index in [0.29, 0.717) is 116 Å². The molecule has 540 valence electrons. The third-order valence-electron chi connectivity index (χ3n) is 14.4. The fourth-order valence-corrected chi connectivity index (χ4v) is 9.27. The number of hydrogen-bond donors (Lipinski definition) is 9. The topological polar surface area (TPSA) is 466 Å². The lowest BCUT2D eigenvalue weighted by molar-refractivity contribution is 0.259. The van der Waals surface area contributed by atoms with Crippen LogP contribution in [0.2, 0.25) is 0 Å². The van der Waals surface area contributed by atoms with Crippen molar-refractivity contribution < 1.29 is 28.5 Å². The summed E-state index contributed by atoms with van der Waals surface area (Å²) in [6.07, 6.45) is 18.6. The molecule has 0 radical (unpaired) electrons. The van der Waals surface area contributed by atoms with Crippen molar-refractivity contribution in [3.63, 3.8) is 0 Å². The number of rotatable bonds is 19. The van der Waals surface area contributed by atoms with Gasteiger partial charge in [-0.2, -0.15) is 0 Å². The van der Waals surface area contributed by atoms with E-state index in [9.17, 15) is 4.79 Å². The first-order chi connectivity index (χ1) is 48.2. The Bertz CT molecular complexity index is 4360. The number of pyridine rings is 5. The quantitative estimate of drug-likeness (QED) is 0.0340. The van der Waals surface area contributed by atoms with Crippen LogP contribution in [0.1, 0.15) is 156 Å². The summed E-state index contributed by atoms with van der Waals surface area (Å²) in [5, 5.41) is 6.29. The first kappa shape index (κ1) is 79.2. The first-order valence-corrected chi connectivity index (χ1v) is 33.5. The molecule has 0 fully saturated rings.